The summed E-state index contributed by atoms with van der Waals surface area (Å²) in [4.78, 5) is 8.80. The largest absolute Gasteiger partial charge is 0.385 e. The standard InChI is InChI=1S/C31H32F2N6/c32-28-7-2-24(3-8-28)31(25-4-9-29(33)10-5-25)39-18-16-37(17-19-39)22-27-20-30(11-6-26(27)21-34)36-12-1-14-38-15-13-35-23-38/h2-11,13,15,20,23,31,36H,1,12,14,16-19,22H2. The Balaban J connectivity index is 1.22. The molecule has 0 radical (unpaired) electrons. The Morgan fingerprint density at radius 2 is 1.56 bits per heavy atom. The van der Waals surface area contributed by atoms with Gasteiger partial charge in [-0.25, -0.2) is 13.8 Å². The van der Waals surface area contributed by atoms with Crippen LogP contribution < -0.4 is 5.32 Å². The zero-order valence-corrected chi connectivity index (χ0v) is 21.8. The molecule has 5 rings (SSSR count). The van der Waals surface area contributed by atoms with Crippen molar-refractivity contribution < 1.29 is 8.78 Å². The maximum atomic E-state index is 13.6. The van der Waals surface area contributed by atoms with Gasteiger partial charge in [-0.1, -0.05) is 24.3 Å². The first kappa shape index (κ1) is 26.5. The predicted octanol–water partition coefficient (Wildman–Crippen LogP) is 5.44. The Bertz CT molecular complexity index is 1330. The molecule has 0 unspecified atom stereocenters. The Morgan fingerprint density at radius 1 is 0.897 bits per heavy atom. The third kappa shape index (κ3) is 6.88. The van der Waals surface area contributed by atoms with Crippen molar-refractivity contribution in [3.63, 3.8) is 0 Å². The Labute approximate surface area is 228 Å². The molecule has 0 spiro atoms. The fourth-order valence-electron chi connectivity index (χ4n) is 5.18. The predicted molar refractivity (Wildman–Crippen MR) is 148 cm³/mol. The van der Waals surface area contributed by atoms with E-state index in [0.717, 1.165) is 68.1 Å². The number of aromatic nitrogens is 2. The summed E-state index contributed by atoms with van der Waals surface area (Å²) in [5, 5.41) is 13.2. The van der Waals surface area contributed by atoms with E-state index >= 15 is 0 Å². The number of halogens is 2. The van der Waals surface area contributed by atoms with E-state index in [4.69, 9.17) is 0 Å². The number of nitriles is 1. The van der Waals surface area contributed by atoms with Crippen LogP contribution in [0.4, 0.5) is 14.5 Å². The van der Waals surface area contributed by atoms with E-state index in [2.05, 4.69) is 36.8 Å². The number of hydrogen-bond acceptors (Lipinski definition) is 5. The second-order valence-electron chi connectivity index (χ2n) is 9.88. The molecular weight excluding hydrogens is 494 g/mol. The maximum Gasteiger partial charge on any atom is 0.123 e. The topological polar surface area (TPSA) is 60.1 Å². The number of piperazine rings is 1. The van der Waals surface area contributed by atoms with E-state index in [1.165, 1.54) is 24.3 Å². The van der Waals surface area contributed by atoms with Crippen molar-refractivity contribution in [3.05, 3.63) is 119 Å². The van der Waals surface area contributed by atoms with E-state index in [1.54, 1.807) is 6.20 Å². The second kappa shape index (κ2) is 12.7. The highest BCUT2D eigenvalue weighted by Crippen LogP contribution is 2.30. The van der Waals surface area contributed by atoms with Crippen LogP contribution in [-0.4, -0.2) is 52.1 Å². The van der Waals surface area contributed by atoms with Crippen LogP contribution in [0, 0.1) is 23.0 Å². The van der Waals surface area contributed by atoms with Gasteiger partial charge in [-0.05, 0) is 65.6 Å². The fraction of sp³-hybridized carbons (Fsp3) is 0.290. The number of imidazole rings is 1. The molecular formula is C31H32F2N6. The Morgan fingerprint density at radius 3 is 2.15 bits per heavy atom. The molecule has 8 heteroatoms. The van der Waals surface area contributed by atoms with Gasteiger partial charge in [0.2, 0.25) is 0 Å². The minimum Gasteiger partial charge on any atom is -0.385 e. The van der Waals surface area contributed by atoms with Crippen LogP contribution in [0.5, 0.6) is 0 Å². The number of nitrogens with one attached hydrogen (secondary N) is 1. The summed E-state index contributed by atoms with van der Waals surface area (Å²) in [6.45, 7) is 5.67. The van der Waals surface area contributed by atoms with Gasteiger partial charge in [0.1, 0.15) is 11.6 Å². The van der Waals surface area contributed by atoms with E-state index in [0.29, 0.717) is 12.1 Å². The van der Waals surface area contributed by atoms with Gasteiger partial charge in [0, 0.05) is 63.9 Å². The highest BCUT2D eigenvalue weighted by Gasteiger charge is 2.27. The quantitative estimate of drug-likeness (QED) is 0.279. The van der Waals surface area contributed by atoms with Gasteiger partial charge >= 0.3 is 0 Å². The lowest BCUT2D eigenvalue weighted by atomic mass is 9.96. The zero-order chi connectivity index (χ0) is 27.0. The zero-order valence-electron chi connectivity index (χ0n) is 21.8. The Kier molecular flexibility index (Phi) is 8.61. The highest BCUT2D eigenvalue weighted by molar-refractivity contribution is 5.52. The molecule has 1 saturated heterocycles. The normalized spacial score (nSPS) is 14.4. The van der Waals surface area contributed by atoms with Gasteiger partial charge in [0.25, 0.3) is 0 Å². The lowest BCUT2D eigenvalue weighted by Crippen LogP contribution is -2.47. The summed E-state index contributed by atoms with van der Waals surface area (Å²) in [7, 11) is 0. The molecule has 3 aromatic carbocycles. The van der Waals surface area contributed by atoms with Crippen molar-refractivity contribution in [1.82, 2.24) is 19.4 Å². The average molecular weight is 527 g/mol. The molecule has 1 aliphatic rings. The van der Waals surface area contributed by atoms with Crippen molar-refractivity contribution >= 4 is 5.69 Å². The number of hydrogen-bond donors (Lipinski definition) is 1. The lowest BCUT2D eigenvalue weighted by molar-refractivity contribution is 0.105. The van der Waals surface area contributed by atoms with Crippen LogP contribution in [-0.2, 0) is 13.1 Å². The molecule has 0 aliphatic carbocycles. The van der Waals surface area contributed by atoms with Crippen LogP contribution >= 0.6 is 0 Å². The molecule has 1 N–H and O–H groups in total. The van der Waals surface area contributed by atoms with Crippen molar-refractivity contribution in [2.45, 2.75) is 25.6 Å². The van der Waals surface area contributed by atoms with Gasteiger partial charge in [0.15, 0.2) is 0 Å². The lowest BCUT2D eigenvalue weighted by Gasteiger charge is -2.40. The van der Waals surface area contributed by atoms with E-state index in [9.17, 15) is 14.0 Å². The van der Waals surface area contributed by atoms with E-state index in [-0.39, 0.29) is 17.7 Å². The summed E-state index contributed by atoms with van der Waals surface area (Å²) in [5.74, 6) is -0.547. The summed E-state index contributed by atoms with van der Waals surface area (Å²) in [6.07, 6.45) is 6.53. The molecule has 0 atom stereocenters. The number of aryl methyl sites for hydroxylation is 1. The molecule has 0 amide bonds. The molecule has 6 nitrogen and oxygen atoms in total. The second-order valence-corrected chi connectivity index (χ2v) is 9.88. The number of anilines is 1. The summed E-state index contributed by atoms with van der Waals surface area (Å²) in [5.41, 5.74) is 4.68. The minimum absolute atomic E-state index is 0.0853. The average Bonchev–Trinajstić information content (AvgIpc) is 3.48. The first-order valence-corrected chi connectivity index (χ1v) is 13.3. The van der Waals surface area contributed by atoms with Crippen molar-refractivity contribution in [1.29, 1.82) is 5.26 Å². The van der Waals surface area contributed by atoms with Crippen LogP contribution in [0.25, 0.3) is 0 Å². The first-order chi connectivity index (χ1) is 19.1. The summed E-state index contributed by atoms with van der Waals surface area (Å²) in [6, 6.07) is 21.3. The van der Waals surface area contributed by atoms with Crippen molar-refractivity contribution in [2.75, 3.05) is 38.0 Å². The smallest absolute Gasteiger partial charge is 0.123 e. The Hall–Kier alpha value is -4.06. The molecule has 200 valence electrons. The van der Waals surface area contributed by atoms with E-state index in [1.807, 2.05) is 48.9 Å². The highest BCUT2D eigenvalue weighted by atomic mass is 19.1. The van der Waals surface area contributed by atoms with Crippen LogP contribution in [0.3, 0.4) is 0 Å². The van der Waals surface area contributed by atoms with Gasteiger partial charge in [-0.3, -0.25) is 9.80 Å². The molecule has 1 fully saturated rings. The number of nitrogens with zero attached hydrogens (tertiary/aromatic N) is 5. The van der Waals surface area contributed by atoms with Crippen LogP contribution in [0.15, 0.2) is 85.5 Å². The SMILES string of the molecule is N#Cc1ccc(NCCCn2ccnc2)cc1CN1CCN(C(c2ccc(F)cc2)c2ccc(F)cc2)CC1. The molecule has 0 saturated carbocycles. The maximum absolute atomic E-state index is 13.6. The van der Waals surface area contributed by atoms with Gasteiger partial charge in [-0.15, -0.1) is 0 Å². The summed E-state index contributed by atoms with van der Waals surface area (Å²) >= 11 is 0. The third-order valence-electron chi connectivity index (χ3n) is 7.24. The minimum atomic E-state index is -0.273. The fourth-order valence-corrected chi connectivity index (χ4v) is 5.18. The van der Waals surface area contributed by atoms with Gasteiger partial charge < -0.3 is 9.88 Å². The molecule has 1 aliphatic heterocycles. The molecule has 0 bridgehead atoms. The van der Waals surface area contributed by atoms with Gasteiger partial charge in [-0.2, -0.15) is 5.26 Å². The molecule has 39 heavy (non-hydrogen) atoms. The van der Waals surface area contributed by atoms with Crippen LogP contribution in [0.2, 0.25) is 0 Å². The molecule has 4 aromatic rings. The van der Waals surface area contributed by atoms with Crippen molar-refractivity contribution in [2.24, 2.45) is 0 Å². The van der Waals surface area contributed by atoms with E-state index < -0.39 is 0 Å². The number of benzene rings is 3. The van der Waals surface area contributed by atoms with Crippen molar-refractivity contribution in [3.8, 4) is 6.07 Å². The summed E-state index contributed by atoms with van der Waals surface area (Å²) < 4.78 is 29.3. The molecule has 2 heterocycles. The monoisotopic (exact) mass is 526 g/mol. The van der Waals surface area contributed by atoms with Crippen LogP contribution in [0.1, 0.15) is 34.7 Å². The first-order valence-electron chi connectivity index (χ1n) is 13.3. The third-order valence-corrected chi connectivity index (χ3v) is 7.24. The molecule has 1 aromatic heterocycles. The number of rotatable bonds is 10. The van der Waals surface area contributed by atoms with Gasteiger partial charge in [0.05, 0.1) is 24.0 Å².